The van der Waals surface area contributed by atoms with Gasteiger partial charge in [0.05, 0.1) is 6.54 Å². The Bertz CT molecular complexity index is 691. The van der Waals surface area contributed by atoms with Crippen molar-refractivity contribution in [1.82, 2.24) is 20.4 Å². The van der Waals surface area contributed by atoms with Crippen molar-refractivity contribution in [3.05, 3.63) is 35.9 Å². The second-order valence-electron chi connectivity index (χ2n) is 9.02. The molecule has 2 unspecified atom stereocenters. The Kier molecular flexibility index (Phi) is 9.15. The van der Waals surface area contributed by atoms with Crippen LogP contribution < -0.4 is 10.6 Å². The second-order valence-corrected chi connectivity index (χ2v) is 9.02. The summed E-state index contributed by atoms with van der Waals surface area (Å²) in [4.78, 5) is 28.2. The highest BCUT2D eigenvalue weighted by molar-refractivity contribution is 5.74. The average molecular weight is 431 g/mol. The molecule has 1 aliphatic heterocycles. The Labute approximate surface area is 186 Å². The van der Waals surface area contributed by atoms with Crippen LogP contribution in [0.2, 0.25) is 0 Å². The van der Waals surface area contributed by atoms with Crippen molar-refractivity contribution in [2.75, 3.05) is 32.7 Å². The molecular weight excluding hydrogens is 392 g/mol. The van der Waals surface area contributed by atoms with E-state index in [0.717, 1.165) is 63.8 Å². The topological polar surface area (TPSA) is 84.9 Å². The van der Waals surface area contributed by atoms with Crippen molar-refractivity contribution in [2.24, 2.45) is 5.92 Å². The number of likely N-dealkylation sites (tertiary alicyclic amines) is 1. The summed E-state index contributed by atoms with van der Waals surface area (Å²) in [5, 5.41) is 15.1. The summed E-state index contributed by atoms with van der Waals surface area (Å²) in [6.07, 6.45) is 6.31. The summed E-state index contributed by atoms with van der Waals surface area (Å²) in [5.74, 6) is -0.140. The highest BCUT2D eigenvalue weighted by atomic mass is 16.4. The second kappa shape index (κ2) is 12.1. The molecule has 0 spiro atoms. The van der Waals surface area contributed by atoms with Gasteiger partial charge in [-0.25, -0.2) is 4.79 Å². The molecule has 2 fully saturated rings. The van der Waals surface area contributed by atoms with Gasteiger partial charge in [0.2, 0.25) is 0 Å². The Morgan fingerprint density at radius 2 is 1.87 bits per heavy atom. The molecule has 7 nitrogen and oxygen atoms in total. The van der Waals surface area contributed by atoms with E-state index in [2.05, 4.69) is 22.5 Å². The van der Waals surface area contributed by atoms with Gasteiger partial charge in [-0.3, -0.25) is 4.79 Å². The number of rotatable bonds is 10. The van der Waals surface area contributed by atoms with E-state index in [1.165, 1.54) is 6.42 Å². The molecule has 31 heavy (non-hydrogen) atoms. The minimum absolute atomic E-state index is 0.0484. The molecule has 7 heteroatoms. The fraction of sp³-hybridized carbons (Fsp3) is 0.667. The Hall–Kier alpha value is -2.12. The predicted molar refractivity (Wildman–Crippen MR) is 122 cm³/mol. The summed E-state index contributed by atoms with van der Waals surface area (Å²) < 4.78 is 0. The number of aliphatic carboxylic acids is 1. The molecule has 1 saturated carbocycles. The van der Waals surface area contributed by atoms with Crippen molar-refractivity contribution in [3.8, 4) is 0 Å². The Balaban J connectivity index is 1.41. The van der Waals surface area contributed by atoms with Gasteiger partial charge >= 0.3 is 12.0 Å². The number of urea groups is 1. The van der Waals surface area contributed by atoms with Crippen LogP contribution >= 0.6 is 0 Å². The minimum atomic E-state index is -0.782. The van der Waals surface area contributed by atoms with E-state index in [1.807, 2.05) is 35.2 Å². The van der Waals surface area contributed by atoms with Gasteiger partial charge in [0.25, 0.3) is 0 Å². The molecule has 1 aromatic rings. The maximum absolute atomic E-state index is 12.9. The van der Waals surface area contributed by atoms with Gasteiger partial charge in [-0.2, -0.15) is 0 Å². The number of carboxylic acids is 1. The first-order valence-corrected chi connectivity index (χ1v) is 11.8. The number of nitrogens with one attached hydrogen (secondary N) is 2. The molecule has 1 saturated heterocycles. The number of benzene rings is 1. The predicted octanol–water partition coefficient (Wildman–Crippen LogP) is 2.92. The first-order valence-electron chi connectivity index (χ1n) is 11.8. The molecule has 3 N–H and O–H groups in total. The van der Waals surface area contributed by atoms with Gasteiger partial charge in [0.1, 0.15) is 0 Å². The lowest BCUT2D eigenvalue weighted by atomic mass is 10.0. The first kappa shape index (κ1) is 23.5. The normalized spacial score (nSPS) is 22.4. The van der Waals surface area contributed by atoms with Crippen molar-refractivity contribution < 1.29 is 14.7 Å². The van der Waals surface area contributed by atoms with Gasteiger partial charge in [-0.15, -0.1) is 0 Å². The van der Waals surface area contributed by atoms with E-state index in [0.29, 0.717) is 24.5 Å². The van der Waals surface area contributed by atoms with Gasteiger partial charge < -0.3 is 25.5 Å². The maximum Gasteiger partial charge on any atom is 0.317 e. The fourth-order valence-corrected chi connectivity index (χ4v) is 5.00. The molecule has 0 radical (unpaired) electrons. The lowest BCUT2D eigenvalue weighted by Gasteiger charge is -2.39. The number of piperidine rings is 1. The zero-order valence-corrected chi connectivity index (χ0v) is 18.8. The molecule has 0 bridgehead atoms. The molecule has 1 aliphatic carbocycles. The molecule has 1 heterocycles. The van der Waals surface area contributed by atoms with Crippen LogP contribution in [0.1, 0.15) is 51.0 Å². The van der Waals surface area contributed by atoms with Gasteiger partial charge in [-0.1, -0.05) is 37.3 Å². The molecule has 3 rings (SSSR count). The van der Waals surface area contributed by atoms with E-state index in [9.17, 15) is 9.59 Å². The molecule has 2 aliphatic rings. The largest absolute Gasteiger partial charge is 0.480 e. The molecular formula is C24H38N4O3. The molecule has 2 atom stereocenters. The van der Waals surface area contributed by atoms with Crippen LogP contribution in [0, 0.1) is 5.92 Å². The molecule has 2 amide bonds. The highest BCUT2D eigenvalue weighted by Crippen LogP contribution is 2.28. The van der Waals surface area contributed by atoms with Gasteiger partial charge in [-0.05, 0) is 50.0 Å². The first-order chi connectivity index (χ1) is 15.0. The highest BCUT2D eigenvalue weighted by Gasteiger charge is 2.30. The zero-order chi connectivity index (χ0) is 22.1. The molecule has 172 valence electrons. The summed E-state index contributed by atoms with van der Waals surface area (Å²) in [6.45, 7) is 6.69. The summed E-state index contributed by atoms with van der Waals surface area (Å²) in [7, 11) is 0. The number of hydrogen-bond donors (Lipinski definition) is 3. The van der Waals surface area contributed by atoms with Crippen LogP contribution in [0.3, 0.4) is 0 Å². The molecule has 1 aromatic carbocycles. The number of carbonyl (C=O) groups excluding carboxylic acids is 1. The standard InChI is InChI=1S/C24H38N4O3/c1-2-12-28(24(31)26-16-19-6-4-3-5-7-19)22-10-13-27(14-11-22)18-20-8-9-21(15-20)25-17-23(29)30/h3-7,20-22,25H,2,8-18H2,1H3,(H,26,31)(H,29,30). The number of nitrogens with zero attached hydrogens (tertiary/aromatic N) is 2. The number of amides is 2. The van der Waals surface area contributed by atoms with Crippen LogP contribution in [0.4, 0.5) is 4.79 Å². The summed E-state index contributed by atoms with van der Waals surface area (Å²) >= 11 is 0. The monoisotopic (exact) mass is 430 g/mol. The smallest absolute Gasteiger partial charge is 0.317 e. The minimum Gasteiger partial charge on any atom is -0.480 e. The van der Waals surface area contributed by atoms with Crippen molar-refractivity contribution in [1.29, 1.82) is 0 Å². The van der Waals surface area contributed by atoms with E-state index in [-0.39, 0.29) is 12.6 Å². The lowest BCUT2D eigenvalue weighted by Crippen LogP contribution is -2.51. The molecule has 0 aromatic heterocycles. The van der Waals surface area contributed by atoms with Crippen LogP contribution in [-0.2, 0) is 11.3 Å². The quantitative estimate of drug-likeness (QED) is 0.532. The summed E-state index contributed by atoms with van der Waals surface area (Å²) in [6, 6.07) is 10.7. The number of hydrogen-bond acceptors (Lipinski definition) is 4. The Morgan fingerprint density at radius 1 is 1.13 bits per heavy atom. The van der Waals surface area contributed by atoms with Crippen molar-refractivity contribution in [2.45, 2.75) is 64.1 Å². The van der Waals surface area contributed by atoms with E-state index < -0.39 is 5.97 Å². The fourth-order valence-electron chi connectivity index (χ4n) is 5.00. The van der Waals surface area contributed by atoms with E-state index in [1.54, 1.807) is 0 Å². The van der Waals surface area contributed by atoms with Crippen LogP contribution in [0.25, 0.3) is 0 Å². The third-order valence-electron chi connectivity index (χ3n) is 6.61. The Morgan fingerprint density at radius 3 is 2.55 bits per heavy atom. The maximum atomic E-state index is 12.9. The lowest BCUT2D eigenvalue weighted by molar-refractivity contribution is -0.136. The van der Waals surface area contributed by atoms with Crippen LogP contribution in [-0.4, -0.2) is 71.7 Å². The van der Waals surface area contributed by atoms with Crippen molar-refractivity contribution >= 4 is 12.0 Å². The van der Waals surface area contributed by atoms with Crippen molar-refractivity contribution in [3.63, 3.8) is 0 Å². The third-order valence-corrected chi connectivity index (χ3v) is 6.61. The third kappa shape index (κ3) is 7.51. The SMILES string of the molecule is CCCN(C(=O)NCc1ccccc1)C1CCN(CC2CCC(NCC(=O)O)C2)CC1. The van der Waals surface area contributed by atoms with Gasteiger partial charge in [0, 0.05) is 44.8 Å². The van der Waals surface area contributed by atoms with E-state index in [4.69, 9.17) is 5.11 Å². The number of carbonyl (C=O) groups is 2. The van der Waals surface area contributed by atoms with Crippen LogP contribution in [0.5, 0.6) is 0 Å². The van der Waals surface area contributed by atoms with Gasteiger partial charge in [0.15, 0.2) is 0 Å². The zero-order valence-electron chi connectivity index (χ0n) is 18.8. The number of carboxylic acid groups (broad SMARTS) is 1. The summed E-state index contributed by atoms with van der Waals surface area (Å²) in [5.41, 5.74) is 1.12. The van der Waals surface area contributed by atoms with Crippen LogP contribution in [0.15, 0.2) is 30.3 Å². The van der Waals surface area contributed by atoms with E-state index >= 15 is 0 Å². The average Bonchev–Trinajstić information content (AvgIpc) is 3.23.